The highest BCUT2D eigenvalue weighted by Crippen LogP contribution is 2.31. The van der Waals surface area contributed by atoms with Crippen LogP contribution in [0.25, 0.3) is 5.76 Å². The van der Waals surface area contributed by atoms with Gasteiger partial charge in [-0.25, -0.2) is 0 Å². The summed E-state index contributed by atoms with van der Waals surface area (Å²) in [6.07, 6.45) is 0. The maximum Gasteiger partial charge on any atom is 0.281 e. The van der Waals surface area contributed by atoms with Gasteiger partial charge in [0, 0.05) is 11.1 Å². The van der Waals surface area contributed by atoms with E-state index in [1.165, 1.54) is 26.0 Å². The fourth-order valence-corrected chi connectivity index (χ4v) is 1.73. The van der Waals surface area contributed by atoms with Gasteiger partial charge in [0.15, 0.2) is 11.5 Å². The first kappa shape index (κ1) is 17.2. The predicted octanol–water partition coefficient (Wildman–Crippen LogP) is 3.16. The monoisotopic (exact) mass is 319 g/mol. The number of halogens is 1. The molecule has 0 unspecified atom stereocenters. The minimum Gasteiger partial charge on any atom is -0.506 e. The van der Waals surface area contributed by atoms with Crippen molar-refractivity contribution >= 4 is 28.8 Å². The molecule has 0 saturated heterocycles. The number of carbonyl (C=O) groups is 1. The number of nitro benzene ring substituents is 1. The third-order valence-corrected chi connectivity index (χ3v) is 3.07. The number of hydrogen-bond donors (Lipinski definition) is 1. The summed E-state index contributed by atoms with van der Waals surface area (Å²) in [7, 11) is 0. The van der Waals surface area contributed by atoms with E-state index >= 15 is 0 Å². The number of aliphatic hydroxyl groups excluding tert-OH is 1. The van der Waals surface area contributed by atoms with Crippen LogP contribution in [0, 0.1) is 38.2 Å². The Bertz CT molecular complexity index is 769. The van der Waals surface area contributed by atoms with E-state index in [9.17, 15) is 20.0 Å². The van der Waals surface area contributed by atoms with Crippen LogP contribution >= 0.6 is 11.6 Å². The Morgan fingerprint density at radius 2 is 2.00 bits per heavy atom. The molecule has 7 nitrogen and oxygen atoms in total. The van der Waals surface area contributed by atoms with Crippen LogP contribution in [0.2, 0.25) is 5.02 Å². The van der Waals surface area contributed by atoms with Crippen LogP contribution in [0.3, 0.4) is 0 Å². The first-order valence-corrected chi connectivity index (χ1v) is 6.27. The number of nitrogens with zero attached hydrogens (tertiary/aromatic N) is 3. The van der Waals surface area contributed by atoms with Crippen LogP contribution in [0.1, 0.15) is 19.4 Å². The minimum absolute atomic E-state index is 0.0606. The fraction of sp³-hybridized carbons (Fsp3) is 0.214. The highest BCUT2D eigenvalue weighted by Gasteiger charge is 2.34. The molecule has 112 valence electrons. The molecule has 1 N–H and O–H groups in total. The number of hydrogen-bond acceptors (Lipinski definition) is 6. The largest absolute Gasteiger partial charge is 0.506 e. The first-order valence-electron chi connectivity index (χ1n) is 5.89. The van der Waals surface area contributed by atoms with Crippen LogP contribution < -0.4 is 0 Å². The van der Waals surface area contributed by atoms with Crippen molar-refractivity contribution in [2.45, 2.75) is 13.8 Å². The SMILES string of the molecule is CC(C)(C#N)C(=O)/C(C#N)=C(\O)c1ccc(Cl)cc1[N+](=O)[O-]. The Morgan fingerprint density at radius 3 is 2.45 bits per heavy atom. The van der Waals surface area contributed by atoms with E-state index in [0.29, 0.717) is 0 Å². The van der Waals surface area contributed by atoms with Gasteiger partial charge >= 0.3 is 0 Å². The summed E-state index contributed by atoms with van der Waals surface area (Å²) >= 11 is 5.66. The lowest BCUT2D eigenvalue weighted by Crippen LogP contribution is -2.24. The second-order valence-corrected chi connectivity index (χ2v) is 5.26. The van der Waals surface area contributed by atoms with Crippen molar-refractivity contribution in [3.63, 3.8) is 0 Å². The normalized spacial score (nSPS) is 11.9. The van der Waals surface area contributed by atoms with Gasteiger partial charge in [-0.2, -0.15) is 10.5 Å². The Kier molecular flexibility index (Phi) is 4.87. The van der Waals surface area contributed by atoms with Gasteiger partial charge in [0.25, 0.3) is 5.69 Å². The predicted molar refractivity (Wildman–Crippen MR) is 77.7 cm³/mol. The maximum absolute atomic E-state index is 12.1. The molecule has 22 heavy (non-hydrogen) atoms. The lowest BCUT2D eigenvalue weighted by molar-refractivity contribution is -0.385. The molecule has 1 aromatic rings. The number of allylic oxidation sites excluding steroid dienone is 1. The van der Waals surface area contributed by atoms with Crippen molar-refractivity contribution in [1.29, 1.82) is 10.5 Å². The smallest absolute Gasteiger partial charge is 0.281 e. The van der Waals surface area contributed by atoms with Crippen LogP contribution in [-0.2, 0) is 4.79 Å². The molecule has 0 saturated carbocycles. The second kappa shape index (κ2) is 6.25. The molecule has 0 aliphatic heterocycles. The first-order chi connectivity index (χ1) is 10.2. The Balaban J connectivity index is 3.61. The molecule has 8 heteroatoms. The molecule has 0 heterocycles. The van der Waals surface area contributed by atoms with Crippen LogP contribution in [0.15, 0.2) is 23.8 Å². The molecule has 0 aromatic heterocycles. The number of ketones is 1. The van der Waals surface area contributed by atoms with Crippen LogP contribution in [0.5, 0.6) is 0 Å². The molecule has 0 fully saturated rings. The van der Waals surface area contributed by atoms with Gasteiger partial charge in [-0.05, 0) is 26.0 Å². The average molecular weight is 320 g/mol. The summed E-state index contributed by atoms with van der Waals surface area (Å²) in [6, 6.07) is 6.59. The molecule has 0 aliphatic rings. The van der Waals surface area contributed by atoms with Crippen molar-refractivity contribution in [3.05, 3.63) is 44.5 Å². The summed E-state index contributed by atoms with van der Waals surface area (Å²) < 4.78 is 0. The maximum atomic E-state index is 12.1. The zero-order valence-corrected chi connectivity index (χ0v) is 12.4. The van der Waals surface area contributed by atoms with Crippen molar-refractivity contribution in [2.24, 2.45) is 5.41 Å². The summed E-state index contributed by atoms with van der Waals surface area (Å²) in [5.74, 6) is -1.79. The van der Waals surface area contributed by atoms with Gasteiger partial charge in [0.1, 0.15) is 17.1 Å². The lowest BCUT2D eigenvalue weighted by atomic mass is 9.85. The third-order valence-electron chi connectivity index (χ3n) is 2.83. The number of benzene rings is 1. The standard InChI is InChI=1S/C14H10ClN3O4/c1-14(2,7-17)13(20)10(6-16)12(19)9-4-3-8(15)5-11(9)18(21)22/h3-5,19H,1-2H3/b12-10-. The summed E-state index contributed by atoms with van der Waals surface area (Å²) in [4.78, 5) is 22.3. The minimum atomic E-state index is -1.56. The number of rotatable bonds is 4. The number of Topliss-reactive ketones (excluding diaryl/α,β-unsaturated/α-hetero) is 1. The van der Waals surface area contributed by atoms with Gasteiger partial charge in [0.05, 0.1) is 16.6 Å². The summed E-state index contributed by atoms with van der Waals surface area (Å²) in [5, 5.41) is 39.2. The van der Waals surface area contributed by atoms with Gasteiger partial charge < -0.3 is 5.11 Å². The van der Waals surface area contributed by atoms with E-state index in [4.69, 9.17) is 22.1 Å². The molecule has 0 spiro atoms. The van der Waals surface area contributed by atoms with Gasteiger partial charge in [-0.3, -0.25) is 14.9 Å². The van der Waals surface area contributed by atoms with Crippen molar-refractivity contribution in [2.75, 3.05) is 0 Å². The number of nitro groups is 1. The molecule has 1 aromatic carbocycles. The molecule has 0 radical (unpaired) electrons. The van der Waals surface area contributed by atoms with Crippen LogP contribution in [0.4, 0.5) is 5.69 Å². The van der Waals surface area contributed by atoms with E-state index in [0.717, 1.165) is 12.1 Å². The number of nitriles is 2. The third kappa shape index (κ3) is 3.22. The van der Waals surface area contributed by atoms with E-state index in [1.807, 2.05) is 0 Å². The van der Waals surface area contributed by atoms with E-state index in [2.05, 4.69) is 0 Å². The highest BCUT2D eigenvalue weighted by atomic mass is 35.5. The van der Waals surface area contributed by atoms with Gasteiger partial charge in [-0.15, -0.1) is 0 Å². The van der Waals surface area contributed by atoms with Gasteiger partial charge in [0.2, 0.25) is 0 Å². The van der Waals surface area contributed by atoms with E-state index in [1.54, 1.807) is 6.07 Å². The van der Waals surface area contributed by atoms with E-state index < -0.39 is 33.1 Å². The molecule has 0 bridgehead atoms. The zero-order chi connectivity index (χ0) is 17.1. The zero-order valence-electron chi connectivity index (χ0n) is 11.6. The molecule has 0 atom stereocenters. The fourth-order valence-electron chi connectivity index (χ4n) is 1.57. The Labute approximate surface area is 130 Å². The number of carbonyl (C=O) groups excluding carboxylic acids is 1. The van der Waals surface area contributed by atoms with Crippen molar-refractivity contribution in [3.8, 4) is 12.1 Å². The summed E-state index contributed by atoms with van der Waals surface area (Å²) in [6.45, 7) is 2.55. The summed E-state index contributed by atoms with van der Waals surface area (Å²) in [5.41, 5.74) is -3.16. The van der Waals surface area contributed by atoms with Gasteiger partial charge in [-0.1, -0.05) is 11.6 Å². The van der Waals surface area contributed by atoms with Crippen molar-refractivity contribution < 1.29 is 14.8 Å². The molecular weight excluding hydrogens is 310 g/mol. The topological polar surface area (TPSA) is 128 Å². The Morgan fingerprint density at radius 1 is 1.41 bits per heavy atom. The lowest BCUT2D eigenvalue weighted by Gasteiger charge is -2.13. The highest BCUT2D eigenvalue weighted by molar-refractivity contribution is 6.30. The second-order valence-electron chi connectivity index (χ2n) is 4.82. The molecule has 0 amide bonds. The Hall–Kier alpha value is -2.90. The molecule has 1 rings (SSSR count). The van der Waals surface area contributed by atoms with Crippen LogP contribution in [-0.4, -0.2) is 15.8 Å². The van der Waals surface area contributed by atoms with E-state index in [-0.39, 0.29) is 10.6 Å². The number of aliphatic hydroxyl groups is 1. The molecular formula is C14H10ClN3O4. The quantitative estimate of drug-likeness (QED) is 0.298. The average Bonchev–Trinajstić information content (AvgIpc) is 2.47. The molecule has 0 aliphatic carbocycles. The van der Waals surface area contributed by atoms with Crippen molar-refractivity contribution in [1.82, 2.24) is 0 Å².